The summed E-state index contributed by atoms with van der Waals surface area (Å²) >= 11 is 0. The van der Waals surface area contributed by atoms with Crippen molar-refractivity contribution in [3.05, 3.63) is 34.5 Å². The number of hydrogen-bond acceptors (Lipinski definition) is 2. The number of nitrogens with zero attached hydrogens (tertiary/aromatic N) is 2. The van der Waals surface area contributed by atoms with Crippen LogP contribution in [0, 0.1) is 12.8 Å². The zero-order valence-corrected chi connectivity index (χ0v) is 14.5. The first-order valence-corrected chi connectivity index (χ1v) is 8.47. The molecule has 0 bridgehead atoms. The fourth-order valence-electron chi connectivity index (χ4n) is 3.77. The van der Waals surface area contributed by atoms with Gasteiger partial charge in [-0.2, -0.15) is 0 Å². The molecule has 2 heterocycles. The average molecular weight is 314 g/mol. The molecular formula is C19H26N2O2. The molecule has 1 aliphatic heterocycles. The van der Waals surface area contributed by atoms with E-state index in [9.17, 15) is 9.90 Å². The summed E-state index contributed by atoms with van der Waals surface area (Å²) in [6.45, 7) is 9.09. The van der Waals surface area contributed by atoms with Crippen LogP contribution in [0.25, 0.3) is 10.9 Å². The van der Waals surface area contributed by atoms with Gasteiger partial charge in [-0.3, -0.25) is 9.69 Å². The molecule has 2 aromatic rings. The number of aromatic nitrogens is 1. The maximum Gasteiger partial charge on any atom is 0.306 e. The molecule has 23 heavy (non-hydrogen) atoms. The second-order valence-electron chi connectivity index (χ2n) is 6.97. The summed E-state index contributed by atoms with van der Waals surface area (Å²) < 4.78 is 2.37. The number of carboxylic acids is 1. The number of carbonyl (C=O) groups is 1. The Morgan fingerprint density at radius 3 is 2.57 bits per heavy atom. The molecule has 1 aromatic heterocycles. The third-order valence-electron chi connectivity index (χ3n) is 5.04. The molecule has 0 aliphatic carbocycles. The molecular weight excluding hydrogens is 288 g/mol. The van der Waals surface area contributed by atoms with Gasteiger partial charge in [0.2, 0.25) is 0 Å². The van der Waals surface area contributed by atoms with Crippen molar-refractivity contribution in [2.45, 2.75) is 53.2 Å². The molecule has 0 radical (unpaired) electrons. The van der Waals surface area contributed by atoms with E-state index in [0.29, 0.717) is 6.42 Å². The van der Waals surface area contributed by atoms with E-state index < -0.39 is 5.97 Å². The van der Waals surface area contributed by atoms with E-state index in [-0.39, 0.29) is 5.92 Å². The molecule has 3 rings (SSSR count). The standard InChI is InChI=1S/C19H26N2O2/c1-5-6-21-13(3)16(7-12(2)19(22)23)17-8-14-10-20(4)11-15(14)9-18(17)21/h8-9,12H,5-7,10-11H2,1-4H3,(H,22,23). The van der Waals surface area contributed by atoms with Gasteiger partial charge in [0.25, 0.3) is 0 Å². The van der Waals surface area contributed by atoms with Crippen LogP contribution in [0.15, 0.2) is 12.1 Å². The summed E-state index contributed by atoms with van der Waals surface area (Å²) in [5.74, 6) is -1.08. The van der Waals surface area contributed by atoms with Gasteiger partial charge in [-0.1, -0.05) is 13.8 Å². The molecule has 1 aromatic carbocycles. The smallest absolute Gasteiger partial charge is 0.306 e. The minimum atomic E-state index is -0.721. The molecule has 0 amide bonds. The molecule has 0 saturated heterocycles. The van der Waals surface area contributed by atoms with E-state index in [1.807, 2.05) is 0 Å². The van der Waals surface area contributed by atoms with E-state index in [0.717, 1.165) is 26.1 Å². The Hall–Kier alpha value is -1.81. The highest BCUT2D eigenvalue weighted by molar-refractivity contribution is 5.88. The predicted molar refractivity (Wildman–Crippen MR) is 92.6 cm³/mol. The predicted octanol–water partition coefficient (Wildman–Crippen LogP) is 3.57. The topological polar surface area (TPSA) is 45.5 Å². The first-order valence-electron chi connectivity index (χ1n) is 8.47. The Morgan fingerprint density at radius 2 is 1.96 bits per heavy atom. The van der Waals surface area contributed by atoms with Crippen LogP contribution in [0.2, 0.25) is 0 Å². The summed E-state index contributed by atoms with van der Waals surface area (Å²) in [6, 6.07) is 4.63. The van der Waals surface area contributed by atoms with Gasteiger partial charge in [0.1, 0.15) is 0 Å². The largest absolute Gasteiger partial charge is 0.481 e. The zero-order valence-electron chi connectivity index (χ0n) is 14.5. The highest BCUT2D eigenvalue weighted by Crippen LogP contribution is 2.33. The van der Waals surface area contributed by atoms with Crippen molar-refractivity contribution in [3.8, 4) is 0 Å². The Kier molecular flexibility index (Phi) is 4.19. The molecule has 1 atom stereocenters. The number of carboxylic acid groups (broad SMARTS) is 1. The molecule has 0 spiro atoms. The van der Waals surface area contributed by atoms with Crippen molar-refractivity contribution in [2.24, 2.45) is 5.92 Å². The van der Waals surface area contributed by atoms with E-state index in [1.54, 1.807) is 6.92 Å². The highest BCUT2D eigenvalue weighted by Gasteiger charge is 2.23. The lowest BCUT2D eigenvalue weighted by Gasteiger charge is -2.09. The molecule has 124 valence electrons. The SMILES string of the molecule is CCCn1c(C)c(CC(C)C(=O)O)c2cc3c(cc21)CN(C)C3. The second kappa shape index (κ2) is 6.00. The monoisotopic (exact) mass is 314 g/mol. The van der Waals surface area contributed by atoms with Crippen LogP contribution in [-0.4, -0.2) is 27.6 Å². The maximum absolute atomic E-state index is 11.3. The summed E-state index contributed by atoms with van der Waals surface area (Å²) in [5, 5.41) is 10.5. The van der Waals surface area contributed by atoms with Crippen molar-refractivity contribution in [1.29, 1.82) is 0 Å². The fourth-order valence-corrected chi connectivity index (χ4v) is 3.77. The Morgan fingerprint density at radius 1 is 1.30 bits per heavy atom. The number of aliphatic carboxylic acids is 1. The Bertz CT molecular complexity index is 761. The Balaban J connectivity index is 2.16. The minimum absolute atomic E-state index is 0.356. The second-order valence-corrected chi connectivity index (χ2v) is 6.97. The molecule has 4 nitrogen and oxygen atoms in total. The summed E-state index contributed by atoms with van der Waals surface area (Å²) in [5.41, 5.74) is 6.50. The molecule has 0 fully saturated rings. The van der Waals surface area contributed by atoms with Crippen molar-refractivity contribution in [2.75, 3.05) is 7.05 Å². The third kappa shape index (κ3) is 2.76. The molecule has 0 saturated carbocycles. The lowest BCUT2D eigenvalue weighted by Crippen LogP contribution is -2.13. The van der Waals surface area contributed by atoms with E-state index >= 15 is 0 Å². The van der Waals surface area contributed by atoms with Gasteiger partial charge in [0.15, 0.2) is 0 Å². The van der Waals surface area contributed by atoms with Crippen LogP contribution in [0.1, 0.15) is 42.7 Å². The molecule has 1 aliphatic rings. The van der Waals surface area contributed by atoms with Crippen LogP contribution in [0.3, 0.4) is 0 Å². The quantitative estimate of drug-likeness (QED) is 0.917. The summed E-state index contributed by atoms with van der Waals surface area (Å²) in [6.07, 6.45) is 1.68. The van der Waals surface area contributed by atoms with Crippen LogP contribution in [-0.2, 0) is 30.8 Å². The number of hydrogen-bond donors (Lipinski definition) is 1. The minimum Gasteiger partial charge on any atom is -0.481 e. The maximum atomic E-state index is 11.3. The van der Waals surface area contributed by atoms with Crippen molar-refractivity contribution in [1.82, 2.24) is 9.47 Å². The van der Waals surface area contributed by atoms with Crippen molar-refractivity contribution >= 4 is 16.9 Å². The third-order valence-corrected chi connectivity index (χ3v) is 5.04. The van der Waals surface area contributed by atoms with Crippen molar-refractivity contribution in [3.63, 3.8) is 0 Å². The van der Waals surface area contributed by atoms with E-state index in [2.05, 4.69) is 42.5 Å². The lowest BCUT2D eigenvalue weighted by molar-refractivity contribution is -0.141. The van der Waals surface area contributed by atoms with E-state index in [1.165, 1.54) is 33.3 Å². The lowest BCUT2D eigenvalue weighted by atomic mass is 9.97. The molecule has 1 N–H and O–H groups in total. The molecule has 4 heteroatoms. The number of rotatable bonds is 5. The van der Waals surface area contributed by atoms with Gasteiger partial charge in [-0.25, -0.2) is 0 Å². The first-order chi connectivity index (χ1) is 10.9. The van der Waals surface area contributed by atoms with Crippen LogP contribution >= 0.6 is 0 Å². The fraction of sp³-hybridized carbons (Fsp3) is 0.526. The summed E-state index contributed by atoms with van der Waals surface area (Å²) in [7, 11) is 2.14. The Labute approximate surface area is 137 Å². The van der Waals surface area contributed by atoms with E-state index in [4.69, 9.17) is 0 Å². The van der Waals surface area contributed by atoms with Gasteiger partial charge in [-0.15, -0.1) is 0 Å². The molecule has 1 unspecified atom stereocenters. The first kappa shape index (κ1) is 16.1. The highest BCUT2D eigenvalue weighted by atomic mass is 16.4. The van der Waals surface area contributed by atoms with Crippen LogP contribution < -0.4 is 0 Å². The van der Waals surface area contributed by atoms with Gasteiger partial charge in [-0.05, 0) is 55.6 Å². The zero-order chi connectivity index (χ0) is 16.7. The summed E-state index contributed by atoms with van der Waals surface area (Å²) in [4.78, 5) is 13.6. The van der Waals surface area contributed by atoms with Gasteiger partial charge in [0.05, 0.1) is 5.92 Å². The van der Waals surface area contributed by atoms with Crippen LogP contribution in [0.4, 0.5) is 0 Å². The number of benzene rings is 1. The number of fused-ring (bicyclic) bond motifs is 2. The average Bonchev–Trinajstić information content (AvgIpc) is 2.97. The van der Waals surface area contributed by atoms with Gasteiger partial charge < -0.3 is 9.67 Å². The normalized spacial score (nSPS) is 16.0. The van der Waals surface area contributed by atoms with Crippen LogP contribution in [0.5, 0.6) is 0 Å². The van der Waals surface area contributed by atoms with Gasteiger partial charge >= 0.3 is 5.97 Å². The van der Waals surface area contributed by atoms with Crippen molar-refractivity contribution < 1.29 is 9.90 Å². The van der Waals surface area contributed by atoms with Gasteiger partial charge in [0, 0.05) is 36.2 Å². The number of aryl methyl sites for hydroxylation is 1.